The number of hydrogen-bond acceptors (Lipinski definition) is 5. The highest BCUT2D eigenvalue weighted by Gasteiger charge is 2.27. The van der Waals surface area contributed by atoms with E-state index in [0.717, 1.165) is 5.82 Å². The molecular weight excluding hydrogens is 352 g/mol. The molecule has 0 bridgehead atoms. The van der Waals surface area contributed by atoms with Crippen molar-refractivity contribution in [3.63, 3.8) is 0 Å². The van der Waals surface area contributed by atoms with Crippen LogP contribution < -0.4 is 10.2 Å². The van der Waals surface area contributed by atoms with Crippen LogP contribution in [0.3, 0.4) is 0 Å². The average Bonchev–Trinajstić information content (AvgIpc) is 2.60. The van der Waals surface area contributed by atoms with Gasteiger partial charge >= 0.3 is 0 Å². The molecule has 24 heavy (non-hydrogen) atoms. The molecular formula is C15H23ClN4O3S. The van der Waals surface area contributed by atoms with Crippen molar-refractivity contribution in [1.82, 2.24) is 14.6 Å². The lowest BCUT2D eigenvalue weighted by molar-refractivity contribution is -0.120. The van der Waals surface area contributed by atoms with Crippen LogP contribution in [-0.2, 0) is 14.8 Å². The number of nitrogens with zero attached hydrogens (tertiary/aromatic N) is 3. The first-order chi connectivity index (χ1) is 11.5. The monoisotopic (exact) mass is 374 g/mol. The fraction of sp³-hybridized carbons (Fsp3) is 0.600. The van der Waals surface area contributed by atoms with Crippen LogP contribution in [0.1, 0.15) is 12.8 Å². The number of nitrogens with one attached hydrogen (secondary N) is 1. The van der Waals surface area contributed by atoms with Crippen molar-refractivity contribution < 1.29 is 13.2 Å². The molecule has 1 N–H and O–H groups in total. The average molecular weight is 375 g/mol. The molecule has 1 saturated heterocycles. The SMILES string of the molecule is O=C(CCCCl)NCCS(=O)(=O)N1CCN(c2ccccn2)CC1. The fourth-order valence-electron chi connectivity index (χ4n) is 2.50. The van der Waals surface area contributed by atoms with Gasteiger partial charge in [-0.05, 0) is 18.6 Å². The molecule has 7 nitrogen and oxygen atoms in total. The molecule has 0 aliphatic carbocycles. The zero-order valence-electron chi connectivity index (χ0n) is 13.5. The minimum absolute atomic E-state index is 0.0802. The van der Waals surface area contributed by atoms with E-state index in [1.807, 2.05) is 18.2 Å². The third kappa shape index (κ3) is 5.61. The normalized spacial score (nSPS) is 16.1. The fourth-order valence-corrected chi connectivity index (χ4v) is 3.97. The van der Waals surface area contributed by atoms with E-state index in [2.05, 4.69) is 15.2 Å². The summed E-state index contributed by atoms with van der Waals surface area (Å²) in [4.78, 5) is 17.8. The molecule has 1 fully saturated rings. The molecule has 2 rings (SSSR count). The van der Waals surface area contributed by atoms with Crippen LogP contribution in [0.5, 0.6) is 0 Å². The second-order valence-corrected chi connectivity index (χ2v) is 8.00. The van der Waals surface area contributed by atoms with Crippen LogP contribution in [0.15, 0.2) is 24.4 Å². The summed E-state index contributed by atoms with van der Waals surface area (Å²) < 4.78 is 26.2. The van der Waals surface area contributed by atoms with E-state index in [1.54, 1.807) is 6.20 Å². The summed E-state index contributed by atoms with van der Waals surface area (Å²) in [5.74, 6) is 1.04. The van der Waals surface area contributed by atoms with Gasteiger partial charge in [-0.15, -0.1) is 11.6 Å². The molecule has 134 valence electrons. The number of piperazine rings is 1. The van der Waals surface area contributed by atoms with E-state index < -0.39 is 10.0 Å². The number of amides is 1. The zero-order valence-corrected chi connectivity index (χ0v) is 15.1. The standard InChI is InChI=1S/C15H23ClN4O3S/c16-6-3-5-15(21)18-8-13-24(22,23)20-11-9-19(10-12-20)14-4-1-2-7-17-14/h1-2,4,7H,3,5-6,8-13H2,(H,18,21). The van der Waals surface area contributed by atoms with Gasteiger partial charge in [0.25, 0.3) is 0 Å². The lowest BCUT2D eigenvalue weighted by atomic mass is 10.3. The number of pyridine rings is 1. The van der Waals surface area contributed by atoms with Crippen molar-refractivity contribution in [3.05, 3.63) is 24.4 Å². The number of hydrogen-bond donors (Lipinski definition) is 1. The van der Waals surface area contributed by atoms with Crippen molar-refractivity contribution in [2.75, 3.05) is 49.3 Å². The molecule has 0 atom stereocenters. The Labute approximate surface area is 148 Å². The highest BCUT2D eigenvalue weighted by Crippen LogP contribution is 2.14. The summed E-state index contributed by atoms with van der Waals surface area (Å²) in [5.41, 5.74) is 0. The Morgan fingerprint density at radius 2 is 2.00 bits per heavy atom. The molecule has 0 spiro atoms. The van der Waals surface area contributed by atoms with Crippen LogP contribution in [0.25, 0.3) is 0 Å². The molecule has 1 aliphatic rings. The first kappa shape index (κ1) is 19.0. The van der Waals surface area contributed by atoms with Gasteiger partial charge in [-0.2, -0.15) is 4.31 Å². The number of carbonyl (C=O) groups excluding carboxylic acids is 1. The van der Waals surface area contributed by atoms with Gasteiger partial charge in [-0.3, -0.25) is 4.79 Å². The summed E-state index contributed by atoms with van der Waals surface area (Å²) in [7, 11) is -3.36. The molecule has 1 amide bonds. The van der Waals surface area contributed by atoms with Gasteiger partial charge < -0.3 is 10.2 Å². The van der Waals surface area contributed by atoms with Gasteiger partial charge in [0.05, 0.1) is 5.75 Å². The maximum Gasteiger partial charge on any atom is 0.220 e. The Bertz CT molecular complexity index is 619. The molecule has 1 aromatic heterocycles. The summed E-state index contributed by atoms with van der Waals surface area (Å²) in [6.07, 6.45) is 2.65. The van der Waals surface area contributed by atoms with E-state index >= 15 is 0 Å². The Morgan fingerprint density at radius 1 is 1.25 bits per heavy atom. The van der Waals surface area contributed by atoms with E-state index in [4.69, 9.17) is 11.6 Å². The van der Waals surface area contributed by atoms with E-state index in [-0.39, 0.29) is 18.2 Å². The van der Waals surface area contributed by atoms with Crippen LogP contribution >= 0.6 is 11.6 Å². The quantitative estimate of drug-likeness (QED) is 0.676. The van der Waals surface area contributed by atoms with Crippen molar-refractivity contribution in [2.45, 2.75) is 12.8 Å². The number of carbonyl (C=O) groups is 1. The Balaban J connectivity index is 1.76. The van der Waals surface area contributed by atoms with Crippen molar-refractivity contribution >= 4 is 33.3 Å². The lowest BCUT2D eigenvalue weighted by Gasteiger charge is -2.34. The maximum absolute atomic E-state index is 12.3. The van der Waals surface area contributed by atoms with Gasteiger partial charge in [0.1, 0.15) is 5.82 Å². The first-order valence-corrected chi connectivity index (χ1v) is 10.1. The Hall–Kier alpha value is -1.38. The largest absolute Gasteiger partial charge is 0.355 e. The number of aromatic nitrogens is 1. The number of alkyl halides is 1. The molecule has 1 aromatic rings. The van der Waals surface area contributed by atoms with Crippen LogP contribution in [0.2, 0.25) is 0 Å². The van der Waals surface area contributed by atoms with Crippen molar-refractivity contribution in [3.8, 4) is 0 Å². The maximum atomic E-state index is 12.3. The number of rotatable bonds is 8. The summed E-state index contributed by atoms with van der Waals surface area (Å²) >= 11 is 5.52. The minimum atomic E-state index is -3.36. The molecule has 2 heterocycles. The molecule has 0 unspecified atom stereocenters. The second-order valence-electron chi connectivity index (χ2n) is 5.53. The minimum Gasteiger partial charge on any atom is -0.355 e. The second kappa shape index (κ2) is 9.19. The Kier molecular flexibility index (Phi) is 7.26. The van der Waals surface area contributed by atoms with Gasteiger partial charge in [-0.1, -0.05) is 6.07 Å². The topological polar surface area (TPSA) is 82.6 Å². The predicted molar refractivity (Wildman–Crippen MR) is 94.8 cm³/mol. The zero-order chi connectivity index (χ0) is 17.4. The van der Waals surface area contributed by atoms with Crippen LogP contribution in [0.4, 0.5) is 5.82 Å². The number of halogens is 1. The van der Waals surface area contributed by atoms with Gasteiger partial charge in [0.2, 0.25) is 15.9 Å². The molecule has 0 aromatic carbocycles. The van der Waals surface area contributed by atoms with Crippen molar-refractivity contribution in [2.24, 2.45) is 0 Å². The van der Waals surface area contributed by atoms with E-state index in [9.17, 15) is 13.2 Å². The number of anilines is 1. The highest BCUT2D eigenvalue weighted by atomic mass is 35.5. The van der Waals surface area contributed by atoms with Gasteiger partial charge in [-0.25, -0.2) is 13.4 Å². The number of sulfonamides is 1. The molecule has 0 radical (unpaired) electrons. The highest BCUT2D eigenvalue weighted by molar-refractivity contribution is 7.89. The van der Waals surface area contributed by atoms with Crippen molar-refractivity contribution in [1.29, 1.82) is 0 Å². The predicted octanol–water partition coefficient (Wildman–Crippen LogP) is 0.669. The van der Waals surface area contributed by atoms with Gasteiger partial charge in [0.15, 0.2) is 0 Å². The molecule has 9 heteroatoms. The molecule has 1 aliphatic heterocycles. The smallest absolute Gasteiger partial charge is 0.220 e. The summed E-state index contributed by atoms with van der Waals surface area (Å²) in [5, 5.41) is 2.62. The molecule has 0 saturated carbocycles. The summed E-state index contributed by atoms with van der Waals surface area (Å²) in [6.45, 7) is 2.21. The Morgan fingerprint density at radius 3 is 2.62 bits per heavy atom. The third-order valence-electron chi connectivity index (χ3n) is 3.82. The lowest BCUT2D eigenvalue weighted by Crippen LogP contribution is -2.50. The first-order valence-electron chi connectivity index (χ1n) is 7.99. The van der Waals surface area contributed by atoms with Gasteiger partial charge in [0, 0.05) is 51.2 Å². The van der Waals surface area contributed by atoms with Crippen LogP contribution in [-0.4, -0.2) is 68.0 Å². The van der Waals surface area contributed by atoms with Crippen LogP contribution in [0, 0.1) is 0 Å². The summed E-state index contributed by atoms with van der Waals surface area (Å²) in [6, 6.07) is 5.69. The third-order valence-corrected chi connectivity index (χ3v) is 5.96. The van der Waals surface area contributed by atoms with E-state index in [1.165, 1.54) is 4.31 Å². The van der Waals surface area contributed by atoms with E-state index in [0.29, 0.717) is 44.9 Å².